The van der Waals surface area contributed by atoms with E-state index in [9.17, 15) is 22.8 Å². The minimum Gasteiger partial charge on any atom is -0.313 e. The van der Waals surface area contributed by atoms with E-state index < -0.39 is 17.5 Å². The summed E-state index contributed by atoms with van der Waals surface area (Å²) in [5, 5.41) is 8.24. The van der Waals surface area contributed by atoms with E-state index in [-0.39, 0.29) is 5.91 Å². The first-order valence-electron chi connectivity index (χ1n) is 6.11. The van der Waals surface area contributed by atoms with Crippen molar-refractivity contribution >= 4 is 23.2 Å². The lowest BCUT2D eigenvalue weighted by Gasteiger charge is -2.13. The first kappa shape index (κ1) is 15.0. The van der Waals surface area contributed by atoms with Gasteiger partial charge in [-0.05, 0) is 24.3 Å². The maximum absolute atomic E-state index is 12.3. The van der Waals surface area contributed by atoms with Gasteiger partial charge in [0.15, 0.2) is 0 Å². The molecule has 0 radical (unpaired) electrons. The van der Waals surface area contributed by atoms with Crippen LogP contribution in [0.25, 0.3) is 0 Å². The second-order valence-electron chi connectivity index (χ2n) is 4.47. The number of rotatable bonds is 2. The minimum absolute atomic E-state index is 0.235. The van der Waals surface area contributed by atoms with Crippen molar-refractivity contribution in [3.63, 3.8) is 0 Å². The van der Waals surface area contributed by atoms with Gasteiger partial charge in [-0.3, -0.25) is 14.6 Å². The fourth-order valence-corrected chi connectivity index (χ4v) is 1.88. The molecule has 0 spiro atoms. The van der Waals surface area contributed by atoms with Crippen molar-refractivity contribution in [3.8, 4) is 0 Å². The van der Waals surface area contributed by atoms with Crippen LogP contribution in [0.4, 0.5) is 18.9 Å². The van der Waals surface area contributed by atoms with Crippen LogP contribution in [0.15, 0.2) is 29.4 Å². The van der Waals surface area contributed by atoms with Crippen LogP contribution < -0.4 is 10.3 Å². The van der Waals surface area contributed by atoms with Gasteiger partial charge in [-0.1, -0.05) is 0 Å². The second kappa shape index (κ2) is 5.55. The number of halogens is 3. The number of benzene rings is 1. The third kappa shape index (κ3) is 3.59. The second-order valence-corrected chi connectivity index (χ2v) is 4.47. The molecule has 0 bridgehead atoms. The Morgan fingerprint density at radius 3 is 2.38 bits per heavy atom. The average molecular weight is 299 g/mol. The van der Waals surface area contributed by atoms with Crippen LogP contribution in [0.2, 0.25) is 0 Å². The maximum Gasteiger partial charge on any atom is 0.454 e. The van der Waals surface area contributed by atoms with Gasteiger partial charge in [-0.15, -0.1) is 0 Å². The zero-order valence-corrected chi connectivity index (χ0v) is 11.1. The highest BCUT2D eigenvalue weighted by Gasteiger charge is 2.39. The molecule has 0 unspecified atom stereocenters. The molecule has 0 aliphatic carbocycles. The number of amidine groups is 1. The number of alkyl halides is 3. The molecule has 0 atom stereocenters. The molecule has 112 valence electrons. The number of hydrogen-bond acceptors (Lipinski definition) is 4. The van der Waals surface area contributed by atoms with Gasteiger partial charge in [0.25, 0.3) is 5.78 Å². The van der Waals surface area contributed by atoms with E-state index in [4.69, 9.17) is 0 Å². The molecule has 1 aromatic carbocycles. The molecule has 8 heteroatoms. The molecule has 5 nitrogen and oxygen atoms in total. The number of nitrogens with one attached hydrogen (secondary N) is 1. The zero-order valence-electron chi connectivity index (χ0n) is 11.1. The predicted octanol–water partition coefficient (Wildman–Crippen LogP) is 2.09. The van der Waals surface area contributed by atoms with Crippen LogP contribution in [0.1, 0.15) is 23.7 Å². The Morgan fingerprint density at radius 2 is 1.86 bits per heavy atom. The van der Waals surface area contributed by atoms with E-state index in [1.54, 1.807) is 5.01 Å². The summed E-state index contributed by atoms with van der Waals surface area (Å²) in [6.45, 7) is 1.87. The van der Waals surface area contributed by atoms with Crippen molar-refractivity contribution in [1.82, 2.24) is 5.32 Å². The van der Waals surface area contributed by atoms with Crippen molar-refractivity contribution in [3.05, 3.63) is 29.8 Å². The van der Waals surface area contributed by atoms with Crippen LogP contribution >= 0.6 is 0 Å². The number of anilines is 1. The molecular formula is C13H12F3N3O2. The molecule has 0 saturated carbocycles. The lowest BCUT2D eigenvalue weighted by atomic mass is 10.1. The average Bonchev–Trinajstić information content (AvgIpc) is 2.84. The van der Waals surface area contributed by atoms with Crippen LogP contribution in [-0.2, 0) is 4.79 Å². The summed E-state index contributed by atoms with van der Waals surface area (Å²) in [5.41, 5.74) is 0.130. The zero-order chi connectivity index (χ0) is 15.6. The Labute approximate surface area is 118 Å². The normalized spacial score (nSPS) is 14.9. The van der Waals surface area contributed by atoms with E-state index in [2.05, 4.69) is 10.4 Å². The molecule has 1 aromatic rings. The van der Waals surface area contributed by atoms with Crippen molar-refractivity contribution in [2.24, 2.45) is 5.10 Å². The number of carbonyl (C=O) groups excluding carboxylic acids is 2. The number of hydrogen-bond donors (Lipinski definition) is 1. The summed E-state index contributed by atoms with van der Waals surface area (Å²) in [5.74, 6) is -1.61. The monoisotopic (exact) mass is 299 g/mol. The summed E-state index contributed by atoms with van der Waals surface area (Å²) in [7, 11) is 0. The molecule has 1 aliphatic heterocycles. The van der Waals surface area contributed by atoms with Crippen LogP contribution in [0.5, 0.6) is 0 Å². The summed E-state index contributed by atoms with van der Waals surface area (Å²) >= 11 is 0. The molecule has 1 N–H and O–H groups in total. The van der Waals surface area contributed by atoms with Gasteiger partial charge >= 0.3 is 6.18 Å². The van der Waals surface area contributed by atoms with E-state index in [0.29, 0.717) is 24.5 Å². The molecule has 0 aromatic heterocycles. The van der Waals surface area contributed by atoms with Crippen molar-refractivity contribution in [1.29, 1.82) is 0 Å². The van der Waals surface area contributed by atoms with Crippen LogP contribution in [0.3, 0.4) is 0 Å². The number of ketones is 1. The highest BCUT2D eigenvalue weighted by Crippen LogP contribution is 2.24. The standard InChI is InChI=1S/C13H12F3N3O2/c1-8(20)17-11-6-7-19(18-11)10-4-2-9(3-5-10)12(21)13(14,15)16/h2-5H,6-7H2,1H3,(H,17,18,20). The first-order chi connectivity index (χ1) is 9.77. The Balaban J connectivity index is 2.12. The molecule has 2 rings (SSSR count). The highest BCUT2D eigenvalue weighted by molar-refractivity contribution is 6.01. The lowest BCUT2D eigenvalue weighted by molar-refractivity contribution is -0.117. The first-order valence-corrected chi connectivity index (χ1v) is 6.11. The molecule has 1 aliphatic rings. The van der Waals surface area contributed by atoms with Gasteiger partial charge < -0.3 is 5.32 Å². The Kier molecular flexibility index (Phi) is 3.97. The van der Waals surface area contributed by atoms with E-state index in [0.717, 1.165) is 12.1 Å². The van der Waals surface area contributed by atoms with E-state index in [1.165, 1.54) is 19.1 Å². The van der Waals surface area contributed by atoms with Gasteiger partial charge in [-0.25, -0.2) is 0 Å². The van der Waals surface area contributed by atoms with Crippen molar-refractivity contribution in [2.45, 2.75) is 19.5 Å². The van der Waals surface area contributed by atoms with Gasteiger partial charge in [0, 0.05) is 25.5 Å². The SMILES string of the molecule is CC(=O)NC1=NN(c2ccc(C(=O)C(F)(F)F)cc2)CC1. The quantitative estimate of drug-likeness (QED) is 0.851. The molecule has 0 saturated heterocycles. The molecule has 21 heavy (non-hydrogen) atoms. The van der Waals surface area contributed by atoms with Gasteiger partial charge in [0.2, 0.25) is 5.91 Å². The predicted molar refractivity (Wildman–Crippen MR) is 70.0 cm³/mol. The third-order valence-electron chi connectivity index (χ3n) is 2.81. The largest absolute Gasteiger partial charge is 0.454 e. The summed E-state index contributed by atoms with van der Waals surface area (Å²) < 4.78 is 36.9. The van der Waals surface area contributed by atoms with Crippen molar-refractivity contribution < 1.29 is 22.8 Å². The van der Waals surface area contributed by atoms with Gasteiger partial charge in [0.1, 0.15) is 5.84 Å². The molecule has 0 fully saturated rings. The highest BCUT2D eigenvalue weighted by atomic mass is 19.4. The maximum atomic E-state index is 12.3. The van der Waals surface area contributed by atoms with Crippen molar-refractivity contribution in [2.75, 3.05) is 11.6 Å². The Hall–Kier alpha value is -2.38. The van der Waals surface area contributed by atoms with Crippen LogP contribution in [-0.4, -0.2) is 30.2 Å². The smallest absolute Gasteiger partial charge is 0.313 e. The fraction of sp³-hybridized carbons (Fsp3) is 0.308. The van der Waals surface area contributed by atoms with Crippen LogP contribution in [0, 0.1) is 0 Å². The molecule has 1 heterocycles. The van der Waals surface area contributed by atoms with E-state index >= 15 is 0 Å². The number of nitrogens with zero attached hydrogens (tertiary/aromatic N) is 2. The van der Waals surface area contributed by atoms with Gasteiger partial charge in [0.05, 0.1) is 5.69 Å². The number of amides is 1. The minimum atomic E-state index is -4.88. The molecular weight excluding hydrogens is 287 g/mol. The topological polar surface area (TPSA) is 61.8 Å². The molecule has 1 amide bonds. The number of Topliss-reactive ketones (excluding diaryl/α,β-unsaturated/α-hetero) is 1. The third-order valence-corrected chi connectivity index (χ3v) is 2.81. The fourth-order valence-electron chi connectivity index (χ4n) is 1.88. The summed E-state index contributed by atoms with van der Waals surface area (Å²) in [4.78, 5) is 22.0. The van der Waals surface area contributed by atoms with E-state index in [1.807, 2.05) is 0 Å². The number of carbonyl (C=O) groups is 2. The number of hydrazone groups is 1. The summed E-state index contributed by atoms with van der Waals surface area (Å²) in [6.07, 6.45) is -4.35. The Bertz CT molecular complexity index is 594. The lowest BCUT2D eigenvalue weighted by Crippen LogP contribution is -2.26. The summed E-state index contributed by atoms with van der Waals surface area (Å²) in [6, 6.07) is 4.99. The Morgan fingerprint density at radius 1 is 1.24 bits per heavy atom. The van der Waals surface area contributed by atoms with Gasteiger partial charge in [-0.2, -0.15) is 18.3 Å².